The Hall–Kier alpha value is -1.20. The molecule has 1 aliphatic rings. The summed E-state index contributed by atoms with van der Waals surface area (Å²) in [6, 6.07) is 7.37. The zero-order chi connectivity index (χ0) is 14.0. The van der Waals surface area contributed by atoms with E-state index in [4.69, 9.17) is 11.6 Å². The molecule has 0 N–H and O–H groups in total. The lowest BCUT2D eigenvalue weighted by Crippen LogP contribution is -2.48. The van der Waals surface area contributed by atoms with Crippen molar-refractivity contribution in [3.8, 4) is 0 Å². The van der Waals surface area contributed by atoms with Crippen molar-refractivity contribution in [3.05, 3.63) is 29.3 Å². The van der Waals surface area contributed by atoms with E-state index in [1.54, 1.807) is 40.7 Å². The highest BCUT2D eigenvalue weighted by Crippen LogP contribution is 2.26. The molecule has 1 aromatic rings. The van der Waals surface area contributed by atoms with Gasteiger partial charge in [-0.15, -0.1) is 0 Å². The fraction of sp³-hybridized carbons (Fsp3) is 0.385. The molecule has 2 amide bonds. The van der Waals surface area contributed by atoms with E-state index < -0.39 is 0 Å². The predicted molar refractivity (Wildman–Crippen MR) is 82.1 cm³/mol. The van der Waals surface area contributed by atoms with Crippen molar-refractivity contribution < 1.29 is 4.79 Å². The summed E-state index contributed by atoms with van der Waals surface area (Å²) in [5, 5.41) is 1.43. The molecule has 19 heavy (non-hydrogen) atoms. The van der Waals surface area contributed by atoms with Crippen LogP contribution in [0.25, 0.3) is 0 Å². The van der Waals surface area contributed by atoms with Crippen LogP contribution in [-0.4, -0.2) is 35.1 Å². The van der Waals surface area contributed by atoms with Crippen molar-refractivity contribution in [2.24, 2.45) is 4.99 Å². The second-order valence-electron chi connectivity index (χ2n) is 4.52. The Labute approximate surface area is 122 Å². The molecule has 1 saturated heterocycles. The molecule has 1 heterocycles. The van der Waals surface area contributed by atoms with E-state index in [-0.39, 0.29) is 12.1 Å². The third-order valence-electron chi connectivity index (χ3n) is 2.63. The molecule has 0 unspecified atom stereocenters. The van der Waals surface area contributed by atoms with Crippen LogP contribution in [0.2, 0.25) is 5.02 Å². The monoisotopic (exact) mass is 297 g/mol. The van der Waals surface area contributed by atoms with Crippen LogP contribution in [0, 0.1) is 0 Å². The minimum atomic E-state index is -0.0690. The van der Waals surface area contributed by atoms with Crippen molar-refractivity contribution >= 4 is 40.2 Å². The van der Waals surface area contributed by atoms with Gasteiger partial charge in [0.1, 0.15) is 0 Å². The second-order valence-corrected chi connectivity index (χ2v) is 5.87. The van der Waals surface area contributed by atoms with E-state index in [2.05, 4.69) is 4.99 Å². The van der Waals surface area contributed by atoms with E-state index in [0.29, 0.717) is 10.9 Å². The maximum atomic E-state index is 12.3. The molecule has 4 nitrogen and oxygen atoms in total. The topological polar surface area (TPSA) is 35.9 Å². The fourth-order valence-electron chi connectivity index (χ4n) is 1.69. The number of carbonyl (C=O) groups is 1. The zero-order valence-corrected chi connectivity index (χ0v) is 12.7. The van der Waals surface area contributed by atoms with Crippen LogP contribution >= 0.6 is 23.4 Å². The smallest absolute Gasteiger partial charge is 0.284 e. The highest BCUT2D eigenvalue weighted by atomic mass is 35.5. The van der Waals surface area contributed by atoms with Crippen LogP contribution in [0.4, 0.5) is 10.5 Å². The van der Waals surface area contributed by atoms with Gasteiger partial charge in [0.25, 0.3) is 0 Å². The van der Waals surface area contributed by atoms with E-state index in [1.807, 2.05) is 26.0 Å². The van der Waals surface area contributed by atoms with Crippen LogP contribution in [0.15, 0.2) is 29.3 Å². The number of halogens is 1. The number of carbonyl (C=O) groups excluding carboxylic acids is 1. The van der Waals surface area contributed by atoms with Gasteiger partial charge >= 0.3 is 6.03 Å². The minimum Gasteiger partial charge on any atom is -0.284 e. The molecule has 2 rings (SSSR count). The lowest BCUT2D eigenvalue weighted by atomic mass is 10.3. The van der Waals surface area contributed by atoms with Crippen molar-refractivity contribution in [2.45, 2.75) is 19.9 Å². The van der Waals surface area contributed by atoms with Crippen LogP contribution in [0.5, 0.6) is 0 Å². The average Bonchev–Trinajstić information content (AvgIpc) is 2.36. The van der Waals surface area contributed by atoms with Crippen LogP contribution in [-0.2, 0) is 0 Å². The van der Waals surface area contributed by atoms with E-state index in [0.717, 1.165) is 10.9 Å². The highest BCUT2D eigenvalue weighted by Gasteiger charge is 2.29. The Kier molecular flexibility index (Phi) is 4.37. The SMILES string of the molecule is CC(C)N=C1SCN(c2ccc(Cl)cc2)C(=O)N1C. The van der Waals surface area contributed by atoms with Gasteiger partial charge in [-0.05, 0) is 38.1 Å². The number of urea groups is 1. The standard InChI is InChI=1S/C13H16ClN3OS/c1-9(2)15-12-16(3)13(18)17(8-19-12)11-6-4-10(14)5-7-11/h4-7,9H,8H2,1-3H3. The van der Waals surface area contributed by atoms with Crippen molar-refractivity contribution in [1.82, 2.24) is 4.90 Å². The number of aliphatic imine (C=N–C) groups is 1. The van der Waals surface area contributed by atoms with Crippen molar-refractivity contribution in [1.29, 1.82) is 0 Å². The zero-order valence-electron chi connectivity index (χ0n) is 11.1. The Morgan fingerprint density at radius 1 is 1.32 bits per heavy atom. The molecule has 1 fully saturated rings. The van der Waals surface area contributed by atoms with Crippen molar-refractivity contribution in [2.75, 3.05) is 17.8 Å². The first-order valence-corrected chi connectivity index (χ1v) is 7.37. The molecule has 0 spiro atoms. The van der Waals surface area contributed by atoms with E-state index in [1.165, 1.54) is 0 Å². The van der Waals surface area contributed by atoms with E-state index >= 15 is 0 Å². The molecular weight excluding hydrogens is 282 g/mol. The molecule has 1 aromatic carbocycles. The summed E-state index contributed by atoms with van der Waals surface area (Å²) in [6.45, 7) is 3.99. The largest absolute Gasteiger partial charge is 0.331 e. The number of nitrogens with zero attached hydrogens (tertiary/aromatic N) is 3. The Morgan fingerprint density at radius 3 is 2.53 bits per heavy atom. The summed E-state index contributed by atoms with van der Waals surface area (Å²) < 4.78 is 0. The molecule has 0 atom stereocenters. The van der Waals surface area contributed by atoms with Crippen LogP contribution in [0.1, 0.15) is 13.8 Å². The summed E-state index contributed by atoms with van der Waals surface area (Å²) in [4.78, 5) is 20.1. The molecule has 0 radical (unpaired) electrons. The summed E-state index contributed by atoms with van der Waals surface area (Å²) >= 11 is 7.42. The van der Waals surface area contributed by atoms with Gasteiger partial charge in [-0.25, -0.2) is 4.79 Å². The van der Waals surface area contributed by atoms with Gasteiger partial charge in [-0.1, -0.05) is 23.4 Å². The van der Waals surface area contributed by atoms with Gasteiger partial charge in [0.05, 0.1) is 5.88 Å². The number of thioether (sulfide) groups is 1. The maximum Gasteiger partial charge on any atom is 0.331 e. The van der Waals surface area contributed by atoms with Crippen LogP contribution in [0.3, 0.4) is 0 Å². The summed E-state index contributed by atoms with van der Waals surface area (Å²) in [5.74, 6) is 0.566. The summed E-state index contributed by atoms with van der Waals surface area (Å²) in [5.41, 5.74) is 0.845. The molecule has 0 bridgehead atoms. The van der Waals surface area contributed by atoms with Gasteiger partial charge in [0.2, 0.25) is 0 Å². The molecule has 0 aromatic heterocycles. The van der Waals surface area contributed by atoms with Gasteiger partial charge in [-0.3, -0.25) is 14.8 Å². The quantitative estimate of drug-likeness (QED) is 0.835. The Bertz CT molecular complexity index is 501. The molecule has 6 heteroatoms. The van der Waals surface area contributed by atoms with Gasteiger partial charge < -0.3 is 0 Å². The predicted octanol–water partition coefficient (Wildman–Crippen LogP) is 3.67. The first-order chi connectivity index (χ1) is 8.99. The Balaban J connectivity index is 2.20. The lowest BCUT2D eigenvalue weighted by molar-refractivity contribution is 0.233. The van der Waals surface area contributed by atoms with Gasteiger partial charge in [0.15, 0.2) is 5.17 Å². The number of rotatable bonds is 2. The normalized spacial score (nSPS) is 18.6. The molecule has 0 saturated carbocycles. The summed E-state index contributed by atoms with van der Waals surface area (Å²) in [6.07, 6.45) is 0. The number of anilines is 1. The minimum absolute atomic E-state index is 0.0690. The fourth-order valence-corrected chi connectivity index (χ4v) is 2.88. The molecule has 102 valence electrons. The number of hydrogen-bond acceptors (Lipinski definition) is 3. The third kappa shape index (κ3) is 3.22. The highest BCUT2D eigenvalue weighted by molar-refractivity contribution is 8.14. The number of amidine groups is 1. The molecular formula is C13H16ClN3OS. The van der Waals surface area contributed by atoms with Gasteiger partial charge in [0, 0.05) is 23.8 Å². The first kappa shape index (κ1) is 14.2. The molecule has 1 aliphatic heterocycles. The first-order valence-electron chi connectivity index (χ1n) is 6.00. The van der Waals surface area contributed by atoms with Crippen molar-refractivity contribution in [3.63, 3.8) is 0 Å². The Morgan fingerprint density at radius 2 is 1.95 bits per heavy atom. The molecule has 0 aliphatic carbocycles. The van der Waals surface area contributed by atoms with E-state index in [9.17, 15) is 4.79 Å². The summed E-state index contributed by atoms with van der Waals surface area (Å²) in [7, 11) is 1.75. The second kappa shape index (κ2) is 5.84. The number of amides is 2. The van der Waals surface area contributed by atoms with Crippen LogP contribution < -0.4 is 4.90 Å². The number of hydrogen-bond donors (Lipinski definition) is 0. The maximum absolute atomic E-state index is 12.3. The third-order valence-corrected chi connectivity index (χ3v) is 3.91. The van der Waals surface area contributed by atoms with Gasteiger partial charge in [-0.2, -0.15) is 0 Å². The number of benzene rings is 1. The average molecular weight is 298 g/mol. The lowest BCUT2D eigenvalue weighted by Gasteiger charge is -2.33.